The second kappa shape index (κ2) is 5.59. The van der Waals surface area contributed by atoms with Crippen LogP contribution in [-0.2, 0) is 15.9 Å². The summed E-state index contributed by atoms with van der Waals surface area (Å²) in [6, 6.07) is 2.17. The fourth-order valence-electron chi connectivity index (χ4n) is 3.59. The van der Waals surface area contributed by atoms with E-state index in [2.05, 4.69) is 22.1 Å². The molecule has 4 atom stereocenters. The predicted molar refractivity (Wildman–Crippen MR) is 79.6 cm³/mol. The zero-order valence-corrected chi connectivity index (χ0v) is 12.7. The van der Waals surface area contributed by atoms with Gasteiger partial charge in [0.15, 0.2) is 0 Å². The molecule has 6 heteroatoms. The molecule has 114 valence electrons. The molecule has 2 fully saturated rings. The van der Waals surface area contributed by atoms with Gasteiger partial charge < -0.3 is 20.1 Å². The third kappa shape index (κ3) is 2.67. The number of nitrogens with one attached hydrogen (secondary N) is 2. The molecule has 0 aliphatic carbocycles. The first-order valence-electron chi connectivity index (χ1n) is 7.67. The monoisotopic (exact) mass is 308 g/mol. The van der Waals surface area contributed by atoms with Crippen LogP contribution < -0.4 is 10.6 Å². The Bertz CT molecular complexity index is 533. The molecular formula is C15H20N2O3S. The van der Waals surface area contributed by atoms with Crippen molar-refractivity contribution in [1.29, 1.82) is 0 Å². The van der Waals surface area contributed by atoms with Gasteiger partial charge in [0, 0.05) is 17.8 Å². The molecule has 2 amide bonds. The molecule has 4 heterocycles. The average Bonchev–Trinajstić information content (AvgIpc) is 3.20. The number of hydrogen-bond donors (Lipinski definition) is 2. The highest BCUT2D eigenvalue weighted by atomic mass is 32.1. The van der Waals surface area contributed by atoms with Gasteiger partial charge in [-0.25, -0.2) is 4.79 Å². The van der Waals surface area contributed by atoms with Crippen LogP contribution in [0.5, 0.6) is 0 Å². The summed E-state index contributed by atoms with van der Waals surface area (Å²) in [4.78, 5) is 13.4. The van der Waals surface area contributed by atoms with E-state index in [0.717, 1.165) is 32.3 Å². The van der Waals surface area contributed by atoms with E-state index in [1.54, 1.807) is 11.3 Å². The summed E-state index contributed by atoms with van der Waals surface area (Å²) in [6.45, 7) is 1.26. The first kappa shape index (κ1) is 13.5. The minimum absolute atomic E-state index is 0.0120. The molecule has 0 saturated carbocycles. The lowest BCUT2D eigenvalue weighted by Crippen LogP contribution is -2.47. The molecule has 4 rings (SSSR count). The summed E-state index contributed by atoms with van der Waals surface area (Å²) in [5.41, 5.74) is 1.23. The van der Waals surface area contributed by atoms with Gasteiger partial charge >= 0.3 is 6.03 Å². The van der Waals surface area contributed by atoms with Gasteiger partial charge in [-0.3, -0.25) is 0 Å². The van der Waals surface area contributed by atoms with Gasteiger partial charge in [0.25, 0.3) is 0 Å². The maximum Gasteiger partial charge on any atom is 0.315 e. The van der Waals surface area contributed by atoms with Crippen LogP contribution in [-0.4, -0.2) is 37.4 Å². The summed E-state index contributed by atoms with van der Waals surface area (Å²) < 4.78 is 11.5. The standard InChI is InChI=1S/C15H20N2O3S/c18-15(17-11-7-9-1-2-12(11)20-9)16-8-13-10-4-6-21-14(10)3-5-19-13/h4,6,9,11-13H,1-3,5,7-8H2,(H2,16,17,18)/t9-,11-,12-,13-/m1/s1. The highest BCUT2D eigenvalue weighted by molar-refractivity contribution is 7.10. The van der Waals surface area contributed by atoms with E-state index in [-0.39, 0.29) is 24.3 Å². The van der Waals surface area contributed by atoms with E-state index in [4.69, 9.17) is 9.47 Å². The van der Waals surface area contributed by atoms with Crippen molar-refractivity contribution < 1.29 is 14.3 Å². The molecule has 2 saturated heterocycles. The number of thiophene rings is 1. The summed E-state index contributed by atoms with van der Waals surface area (Å²) in [5, 5.41) is 8.08. The van der Waals surface area contributed by atoms with Crippen molar-refractivity contribution >= 4 is 17.4 Å². The number of ether oxygens (including phenoxy) is 2. The largest absolute Gasteiger partial charge is 0.373 e. The van der Waals surface area contributed by atoms with Gasteiger partial charge in [0.1, 0.15) is 6.10 Å². The average molecular weight is 308 g/mol. The second-order valence-corrected chi connectivity index (χ2v) is 6.98. The van der Waals surface area contributed by atoms with Crippen LogP contribution in [0, 0.1) is 0 Å². The Labute approximate surface area is 128 Å². The quantitative estimate of drug-likeness (QED) is 0.897. The van der Waals surface area contributed by atoms with Gasteiger partial charge in [-0.2, -0.15) is 0 Å². The first-order chi connectivity index (χ1) is 10.3. The van der Waals surface area contributed by atoms with Crippen LogP contribution in [0.25, 0.3) is 0 Å². The van der Waals surface area contributed by atoms with Crippen LogP contribution in [0.1, 0.15) is 35.8 Å². The molecule has 1 aromatic rings. The Morgan fingerprint density at radius 2 is 2.38 bits per heavy atom. The van der Waals surface area contributed by atoms with E-state index >= 15 is 0 Å². The lowest BCUT2D eigenvalue weighted by Gasteiger charge is -2.25. The van der Waals surface area contributed by atoms with E-state index in [1.165, 1.54) is 10.4 Å². The first-order valence-corrected chi connectivity index (χ1v) is 8.55. The highest BCUT2D eigenvalue weighted by Gasteiger charge is 2.41. The van der Waals surface area contributed by atoms with Crippen molar-refractivity contribution in [3.8, 4) is 0 Å². The summed E-state index contributed by atoms with van der Waals surface area (Å²) >= 11 is 1.77. The zero-order chi connectivity index (χ0) is 14.2. The third-order valence-electron chi connectivity index (χ3n) is 4.65. The summed E-state index contributed by atoms with van der Waals surface area (Å²) in [6.07, 6.45) is 4.71. The van der Waals surface area contributed by atoms with Gasteiger partial charge in [-0.15, -0.1) is 11.3 Å². The van der Waals surface area contributed by atoms with E-state index in [0.29, 0.717) is 12.6 Å². The summed E-state index contributed by atoms with van der Waals surface area (Å²) in [7, 11) is 0. The molecule has 5 nitrogen and oxygen atoms in total. The summed E-state index contributed by atoms with van der Waals surface area (Å²) in [5.74, 6) is 0. The Hall–Kier alpha value is -1.11. The zero-order valence-electron chi connectivity index (χ0n) is 11.8. The molecule has 0 unspecified atom stereocenters. The van der Waals surface area contributed by atoms with Crippen molar-refractivity contribution in [3.05, 3.63) is 21.9 Å². The maximum absolute atomic E-state index is 12.0. The number of carbonyl (C=O) groups excluding carboxylic acids is 1. The van der Waals surface area contributed by atoms with Crippen LogP contribution in [0.15, 0.2) is 11.4 Å². The molecule has 1 aromatic heterocycles. The molecular weight excluding hydrogens is 288 g/mol. The lowest BCUT2D eigenvalue weighted by atomic mass is 9.96. The number of fused-ring (bicyclic) bond motifs is 3. The van der Waals surface area contributed by atoms with E-state index in [9.17, 15) is 4.79 Å². The minimum atomic E-state index is -0.109. The Balaban J connectivity index is 1.29. The fraction of sp³-hybridized carbons (Fsp3) is 0.667. The lowest BCUT2D eigenvalue weighted by molar-refractivity contribution is 0.0452. The van der Waals surface area contributed by atoms with Crippen molar-refractivity contribution in [2.75, 3.05) is 13.2 Å². The second-order valence-electron chi connectivity index (χ2n) is 5.98. The van der Waals surface area contributed by atoms with Crippen LogP contribution in [0.4, 0.5) is 4.79 Å². The van der Waals surface area contributed by atoms with Gasteiger partial charge in [-0.1, -0.05) is 0 Å². The van der Waals surface area contributed by atoms with E-state index in [1.807, 2.05) is 0 Å². The maximum atomic E-state index is 12.0. The molecule has 2 N–H and O–H groups in total. The van der Waals surface area contributed by atoms with Gasteiger partial charge in [0.2, 0.25) is 0 Å². The van der Waals surface area contributed by atoms with Gasteiger partial charge in [0.05, 0.1) is 24.9 Å². The smallest absolute Gasteiger partial charge is 0.315 e. The van der Waals surface area contributed by atoms with Crippen molar-refractivity contribution in [1.82, 2.24) is 10.6 Å². The number of carbonyl (C=O) groups is 1. The van der Waals surface area contributed by atoms with Gasteiger partial charge in [-0.05, 0) is 36.3 Å². The van der Waals surface area contributed by atoms with Crippen molar-refractivity contribution in [3.63, 3.8) is 0 Å². The number of urea groups is 1. The topological polar surface area (TPSA) is 59.6 Å². The van der Waals surface area contributed by atoms with E-state index < -0.39 is 0 Å². The number of amides is 2. The Morgan fingerprint density at radius 3 is 3.19 bits per heavy atom. The molecule has 0 spiro atoms. The molecule has 3 aliphatic rings. The molecule has 0 aromatic carbocycles. The van der Waals surface area contributed by atoms with Crippen molar-refractivity contribution in [2.45, 2.75) is 50.0 Å². The SMILES string of the molecule is O=C(NC[C@H]1OCCc2sccc21)N[C@@H]1C[C@H]2CC[C@H]1O2. The molecule has 21 heavy (non-hydrogen) atoms. The third-order valence-corrected chi connectivity index (χ3v) is 5.64. The predicted octanol–water partition coefficient (Wildman–Crippen LogP) is 1.98. The van der Waals surface area contributed by atoms with Crippen LogP contribution in [0.2, 0.25) is 0 Å². The fourth-order valence-corrected chi connectivity index (χ4v) is 4.50. The number of rotatable bonds is 3. The minimum Gasteiger partial charge on any atom is -0.373 e. The Kier molecular flexibility index (Phi) is 3.61. The highest BCUT2D eigenvalue weighted by Crippen LogP contribution is 2.34. The molecule has 3 aliphatic heterocycles. The van der Waals surface area contributed by atoms with Crippen LogP contribution >= 0.6 is 11.3 Å². The van der Waals surface area contributed by atoms with Crippen LogP contribution in [0.3, 0.4) is 0 Å². The number of hydrogen-bond acceptors (Lipinski definition) is 4. The molecule has 2 bridgehead atoms. The normalized spacial score (nSPS) is 33.7. The Morgan fingerprint density at radius 1 is 1.43 bits per heavy atom. The van der Waals surface area contributed by atoms with Crippen molar-refractivity contribution in [2.24, 2.45) is 0 Å². The molecule has 0 radical (unpaired) electrons.